The van der Waals surface area contributed by atoms with Gasteiger partial charge in [0.05, 0.1) is 18.7 Å². The molecule has 0 spiro atoms. The lowest BCUT2D eigenvalue weighted by atomic mass is 9.89. The van der Waals surface area contributed by atoms with Crippen molar-refractivity contribution >= 4 is 28.2 Å². The van der Waals surface area contributed by atoms with E-state index in [1.165, 1.54) is 16.2 Å². The molecule has 21 heavy (non-hydrogen) atoms. The fraction of sp³-hybridized carbons (Fsp3) is 0.500. The molecule has 1 aliphatic carbocycles. The summed E-state index contributed by atoms with van der Waals surface area (Å²) in [6.45, 7) is 1.90. The zero-order valence-electron chi connectivity index (χ0n) is 11.9. The number of nitriles is 1. The molecule has 7 heteroatoms. The standard InChI is InChI=1S/C14H18N4O2S/c1-8-2-3-9-10(5-15)14(21-11(9)4-8)18-13(20)7-17-12(19)6-16/h8H,2-4,6-7,16H2,1H3,(H,17,19)(H,18,20). The van der Waals surface area contributed by atoms with E-state index in [1.807, 2.05) is 0 Å². The van der Waals surface area contributed by atoms with Crippen molar-refractivity contribution in [3.8, 4) is 6.07 Å². The number of anilines is 1. The van der Waals surface area contributed by atoms with Gasteiger partial charge in [0.1, 0.15) is 11.1 Å². The van der Waals surface area contributed by atoms with Crippen LogP contribution < -0.4 is 16.4 Å². The number of carbonyl (C=O) groups is 2. The van der Waals surface area contributed by atoms with Gasteiger partial charge in [-0.15, -0.1) is 11.3 Å². The number of amides is 2. The fourth-order valence-electron chi connectivity index (χ4n) is 2.38. The van der Waals surface area contributed by atoms with Gasteiger partial charge in [-0.3, -0.25) is 9.59 Å². The van der Waals surface area contributed by atoms with Crippen LogP contribution in [0.3, 0.4) is 0 Å². The molecule has 0 radical (unpaired) electrons. The second-order valence-electron chi connectivity index (χ2n) is 5.20. The van der Waals surface area contributed by atoms with Crippen LogP contribution >= 0.6 is 11.3 Å². The highest BCUT2D eigenvalue weighted by Gasteiger charge is 2.24. The Morgan fingerprint density at radius 2 is 2.24 bits per heavy atom. The minimum Gasteiger partial charge on any atom is -0.346 e. The third-order valence-electron chi connectivity index (χ3n) is 3.51. The second kappa shape index (κ2) is 6.70. The average molecular weight is 306 g/mol. The molecule has 112 valence electrons. The number of nitrogens with zero attached hydrogens (tertiary/aromatic N) is 1. The van der Waals surface area contributed by atoms with Crippen LogP contribution in [0.5, 0.6) is 0 Å². The minimum atomic E-state index is -0.384. The van der Waals surface area contributed by atoms with Crippen LogP contribution in [0.4, 0.5) is 5.00 Å². The lowest BCUT2D eigenvalue weighted by Gasteiger charge is -2.17. The van der Waals surface area contributed by atoms with Crippen molar-refractivity contribution in [1.29, 1.82) is 5.26 Å². The summed E-state index contributed by atoms with van der Waals surface area (Å²) in [5.74, 6) is -0.125. The first-order valence-electron chi connectivity index (χ1n) is 6.86. The molecule has 0 saturated carbocycles. The summed E-state index contributed by atoms with van der Waals surface area (Å²) in [5, 5.41) is 15.0. The monoisotopic (exact) mass is 306 g/mol. The maximum Gasteiger partial charge on any atom is 0.244 e. The topological polar surface area (TPSA) is 108 Å². The van der Waals surface area contributed by atoms with Crippen LogP contribution in [0.15, 0.2) is 0 Å². The molecule has 1 heterocycles. The molecule has 0 saturated heterocycles. The molecule has 2 amide bonds. The number of fused-ring (bicyclic) bond motifs is 1. The smallest absolute Gasteiger partial charge is 0.244 e. The first-order chi connectivity index (χ1) is 10.0. The number of carbonyl (C=O) groups excluding carboxylic acids is 2. The zero-order chi connectivity index (χ0) is 15.4. The molecular formula is C14H18N4O2S. The summed E-state index contributed by atoms with van der Waals surface area (Å²) in [7, 11) is 0. The Balaban J connectivity index is 2.08. The van der Waals surface area contributed by atoms with E-state index < -0.39 is 0 Å². The molecule has 1 aliphatic rings. The number of nitrogens with one attached hydrogen (secondary N) is 2. The van der Waals surface area contributed by atoms with Crippen molar-refractivity contribution in [2.45, 2.75) is 26.2 Å². The third-order valence-corrected chi connectivity index (χ3v) is 4.68. The van der Waals surface area contributed by atoms with Crippen molar-refractivity contribution in [1.82, 2.24) is 5.32 Å². The Hall–Kier alpha value is -1.91. The Bertz CT molecular complexity index is 603. The van der Waals surface area contributed by atoms with E-state index >= 15 is 0 Å². The summed E-state index contributed by atoms with van der Waals surface area (Å²) in [4.78, 5) is 24.0. The van der Waals surface area contributed by atoms with Crippen LogP contribution in [0.1, 0.15) is 29.3 Å². The number of nitrogens with two attached hydrogens (primary N) is 1. The summed E-state index contributed by atoms with van der Waals surface area (Å²) in [6, 6.07) is 2.19. The lowest BCUT2D eigenvalue weighted by Crippen LogP contribution is -2.36. The van der Waals surface area contributed by atoms with Gasteiger partial charge in [-0.05, 0) is 30.7 Å². The SMILES string of the molecule is CC1CCc2c(sc(NC(=O)CNC(=O)CN)c2C#N)C1. The van der Waals surface area contributed by atoms with Gasteiger partial charge in [0.2, 0.25) is 11.8 Å². The Morgan fingerprint density at radius 3 is 2.90 bits per heavy atom. The minimum absolute atomic E-state index is 0.139. The number of hydrogen-bond acceptors (Lipinski definition) is 5. The van der Waals surface area contributed by atoms with Crippen molar-refractivity contribution in [2.75, 3.05) is 18.4 Å². The maximum atomic E-state index is 11.8. The highest BCUT2D eigenvalue weighted by atomic mass is 32.1. The molecule has 1 atom stereocenters. The van der Waals surface area contributed by atoms with Crippen LogP contribution in [0.25, 0.3) is 0 Å². The Morgan fingerprint density at radius 1 is 1.48 bits per heavy atom. The maximum absolute atomic E-state index is 11.8. The molecular weight excluding hydrogens is 288 g/mol. The zero-order valence-corrected chi connectivity index (χ0v) is 12.7. The van der Waals surface area contributed by atoms with Gasteiger partial charge in [0, 0.05) is 4.88 Å². The first-order valence-corrected chi connectivity index (χ1v) is 7.68. The van der Waals surface area contributed by atoms with Gasteiger partial charge in [0.15, 0.2) is 0 Å². The number of rotatable bonds is 4. The molecule has 0 fully saturated rings. The van der Waals surface area contributed by atoms with Gasteiger partial charge < -0.3 is 16.4 Å². The van der Waals surface area contributed by atoms with Gasteiger partial charge in [-0.25, -0.2) is 0 Å². The largest absolute Gasteiger partial charge is 0.346 e. The quantitative estimate of drug-likeness (QED) is 0.763. The molecule has 0 aromatic carbocycles. The van der Waals surface area contributed by atoms with E-state index in [0.717, 1.165) is 24.8 Å². The summed E-state index contributed by atoms with van der Waals surface area (Å²) in [6.07, 6.45) is 2.91. The molecule has 1 unspecified atom stereocenters. The van der Waals surface area contributed by atoms with Gasteiger partial charge in [-0.2, -0.15) is 5.26 Å². The normalized spacial score (nSPS) is 16.7. The van der Waals surface area contributed by atoms with Crippen LogP contribution in [-0.2, 0) is 22.4 Å². The van der Waals surface area contributed by atoms with Crippen LogP contribution in [0.2, 0.25) is 0 Å². The molecule has 0 bridgehead atoms. The van der Waals surface area contributed by atoms with E-state index in [4.69, 9.17) is 5.73 Å². The van der Waals surface area contributed by atoms with E-state index in [0.29, 0.717) is 16.5 Å². The average Bonchev–Trinajstić information content (AvgIpc) is 2.80. The summed E-state index contributed by atoms with van der Waals surface area (Å²) >= 11 is 1.47. The molecule has 0 aliphatic heterocycles. The predicted octanol–water partition coefficient (Wildman–Crippen LogP) is 0.758. The molecule has 4 N–H and O–H groups in total. The lowest BCUT2D eigenvalue weighted by molar-refractivity contribution is -0.123. The van der Waals surface area contributed by atoms with Gasteiger partial charge in [-0.1, -0.05) is 6.92 Å². The molecule has 1 aromatic heterocycles. The van der Waals surface area contributed by atoms with Crippen LogP contribution in [-0.4, -0.2) is 24.9 Å². The van der Waals surface area contributed by atoms with E-state index in [1.54, 1.807) is 0 Å². The summed E-state index contributed by atoms with van der Waals surface area (Å²) < 4.78 is 0. The first kappa shape index (κ1) is 15.5. The number of hydrogen-bond donors (Lipinski definition) is 3. The summed E-state index contributed by atoms with van der Waals surface area (Å²) in [5.41, 5.74) is 6.79. The van der Waals surface area contributed by atoms with Crippen LogP contribution in [0, 0.1) is 17.2 Å². The Labute approximate surface area is 127 Å². The fourth-order valence-corrected chi connectivity index (χ4v) is 3.76. The molecule has 2 rings (SSSR count). The van der Waals surface area contributed by atoms with Crippen molar-refractivity contribution < 1.29 is 9.59 Å². The van der Waals surface area contributed by atoms with Gasteiger partial charge in [0.25, 0.3) is 0 Å². The Kier molecular flexibility index (Phi) is 4.94. The highest BCUT2D eigenvalue weighted by molar-refractivity contribution is 7.16. The second-order valence-corrected chi connectivity index (χ2v) is 6.30. The predicted molar refractivity (Wildman–Crippen MR) is 80.9 cm³/mol. The van der Waals surface area contributed by atoms with Crippen molar-refractivity contribution in [3.63, 3.8) is 0 Å². The van der Waals surface area contributed by atoms with E-state index in [9.17, 15) is 14.9 Å². The van der Waals surface area contributed by atoms with Gasteiger partial charge >= 0.3 is 0 Å². The van der Waals surface area contributed by atoms with E-state index in [2.05, 4.69) is 23.6 Å². The third kappa shape index (κ3) is 3.60. The number of thiophene rings is 1. The van der Waals surface area contributed by atoms with Crippen molar-refractivity contribution in [3.05, 3.63) is 16.0 Å². The van der Waals surface area contributed by atoms with E-state index in [-0.39, 0.29) is 24.9 Å². The molecule has 1 aromatic rings. The van der Waals surface area contributed by atoms with Crippen molar-refractivity contribution in [2.24, 2.45) is 11.7 Å². The molecule has 6 nitrogen and oxygen atoms in total. The highest BCUT2D eigenvalue weighted by Crippen LogP contribution is 2.39.